The van der Waals surface area contributed by atoms with E-state index in [1.807, 2.05) is 36.4 Å². The van der Waals surface area contributed by atoms with Crippen molar-refractivity contribution in [2.45, 2.75) is 45.4 Å². The molecule has 0 unspecified atom stereocenters. The molecule has 0 bridgehead atoms. The van der Waals surface area contributed by atoms with Gasteiger partial charge in [0.15, 0.2) is 0 Å². The summed E-state index contributed by atoms with van der Waals surface area (Å²) in [6, 6.07) is 23.3. The van der Waals surface area contributed by atoms with Gasteiger partial charge in [-0.15, -0.1) is 0 Å². The number of carboxylic acid groups (broad SMARTS) is 1. The maximum absolute atomic E-state index is 11.4. The van der Waals surface area contributed by atoms with Crippen LogP contribution in [0.15, 0.2) is 72.8 Å². The molecule has 0 fully saturated rings. The fourth-order valence-corrected chi connectivity index (χ4v) is 3.63. The molecule has 0 atom stereocenters. The lowest BCUT2D eigenvalue weighted by molar-refractivity contribution is 0.0697. The van der Waals surface area contributed by atoms with Crippen LogP contribution < -0.4 is 4.74 Å². The lowest BCUT2D eigenvalue weighted by Crippen LogP contribution is -1.98. The van der Waals surface area contributed by atoms with Gasteiger partial charge in [-0.05, 0) is 52.9 Å². The second-order valence-electron chi connectivity index (χ2n) is 7.58. The van der Waals surface area contributed by atoms with Crippen LogP contribution in [-0.4, -0.2) is 17.7 Å². The lowest BCUT2D eigenvalue weighted by atomic mass is 9.93. The molecule has 0 heterocycles. The minimum Gasteiger partial charge on any atom is -0.494 e. The first kappa shape index (κ1) is 21.6. The van der Waals surface area contributed by atoms with E-state index in [0.717, 1.165) is 41.0 Å². The van der Waals surface area contributed by atoms with E-state index < -0.39 is 5.97 Å². The number of carboxylic acids is 1. The van der Waals surface area contributed by atoms with Crippen molar-refractivity contribution in [3.63, 3.8) is 0 Å². The number of carbonyl (C=O) groups is 1. The van der Waals surface area contributed by atoms with Crippen LogP contribution in [0.2, 0.25) is 0 Å². The van der Waals surface area contributed by atoms with Crippen molar-refractivity contribution < 1.29 is 14.6 Å². The molecule has 0 saturated carbocycles. The molecule has 3 aromatic rings. The first-order chi connectivity index (χ1) is 14.7. The molecule has 3 aromatic carbocycles. The van der Waals surface area contributed by atoms with Gasteiger partial charge in [-0.25, -0.2) is 4.79 Å². The third-order valence-electron chi connectivity index (χ3n) is 5.26. The highest BCUT2D eigenvalue weighted by atomic mass is 16.5. The second kappa shape index (κ2) is 11.2. The Morgan fingerprint density at radius 1 is 0.767 bits per heavy atom. The molecule has 0 aliphatic heterocycles. The highest BCUT2D eigenvalue weighted by molar-refractivity contribution is 5.91. The van der Waals surface area contributed by atoms with Crippen molar-refractivity contribution in [1.29, 1.82) is 0 Å². The van der Waals surface area contributed by atoms with Gasteiger partial charge in [0, 0.05) is 0 Å². The molecule has 0 amide bonds. The highest BCUT2D eigenvalue weighted by Crippen LogP contribution is 2.34. The highest BCUT2D eigenvalue weighted by Gasteiger charge is 2.10. The molecule has 156 valence electrons. The normalized spacial score (nSPS) is 10.7. The molecule has 0 radical (unpaired) electrons. The van der Waals surface area contributed by atoms with E-state index in [0.29, 0.717) is 5.56 Å². The maximum atomic E-state index is 11.4. The summed E-state index contributed by atoms with van der Waals surface area (Å²) < 4.78 is 5.99. The predicted octanol–water partition coefficient (Wildman–Crippen LogP) is 7.46. The number of unbranched alkanes of at least 4 members (excludes halogenated alkanes) is 5. The van der Waals surface area contributed by atoms with Crippen LogP contribution in [0, 0.1) is 0 Å². The summed E-state index contributed by atoms with van der Waals surface area (Å²) >= 11 is 0. The Hall–Kier alpha value is -3.07. The maximum Gasteiger partial charge on any atom is 0.335 e. The van der Waals surface area contributed by atoms with Crippen molar-refractivity contribution in [2.24, 2.45) is 0 Å². The molecule has 1 N–H and O–H groups in total. The standard InChI is InChI=1S/C27H30O3/c1-2-3-4-5-6-9-18-30-24-15-11-13-22(20-24)26-17-8-7-16-25(26)21-12-10-14-23(19-21)27(28)29/h7-8,10-17,19-20H,2-6,9,18H2,1H3,(H,28,29). The zero-order valence-electron chi connectivity index (χ0n) is 17.6. The zero-order chi connectivity index (χ0) is 21.2. The van der Waals surface area contributed by atoms with Crippen molar-refractivity contribution in [1.82, 2.24) is 0 Å². The Balaban J connectivity index is 1.73. The molecule has 0 spiro atoms. The second-order valence-corrected chi connectivity index (χ2v) is 7.58. The Labute approximate surface area is 179 Å². The van der Waals surface area contributed by atoms with Crippen LogP contribution in [0.4, 0.5) is 0 Å². The largest absolute Gasteiger partial charge is 0.494 e. The third-order valence-corrected chi connectivity index (χ3v) is 5.26. The summed E-state index contributed by atoms with van der Waals surface area (Å²) in [7, 11) is 0. The van der Waals surface area contributed by atoms with Crippen LogP contribution >= 0.6 is 0 Å². The van der Waals surface area contributed by atoms with Crippen LogP contribution in [0.25, 0.3) is 22.3 Å². The number of rotatable bonds is 11. The third kappa shape index (κ3) is 5.96. The van der Waals surface area contributed by atoms with Gasteiger partial charge in [-0.2, -0.15) is 0 Å². The van der Waals surface area contributed by atoms with Gasteiger partial charge < -0.3 is 9.84 Å². The van der Waals surface area contributed by atoms with Crippen molar-refractivity contribution >= 4 is 5.97 Å². The van der Waals surface area contributed by atoms with Gasteiger partial charge in [0.05, 0.1) is 12.2 Å². The van der Waals surface area contributed by atoms with Crippen molar-refractivity contribution in [3.05, 3.63) is 78.4 Å². The molecular weight excluding hydrogens is 372 g/mol. The zero-order valence-corrected chi connectivity index (χ0v) is 17.6. The van der Waals surface area contributed by atoms with Gasteiger partial charge in [0.1, 0.15) is 5.75 Å². The molecule has 3 heteroatoms. The van der Waals surface area contributed by atoms with Gasteiger partial charge in [-0.3, -0.25) is 0 Å². The Kier molecular flexibility index (Phi) is 8.08. The van der Waals surface area contributed by atoms with E-state index in [-0.39, 0.29) is 0 Å². The first-order valence-corrected chi connectivity index (χ1v) is 10.8. The van der Waals surface area contributed by atoms with E-state index >= 15 is 0 Å². The average molecular weight is 403 g/mol. The first-order valence-electron chi connectivity index (χ1n) is 10.8. The van der Waals surface area contributed by atoms with Crippen molar-refractivity contribution in [2.75, 3.05) is 6.61 Å². The van der Waals surface area contributed by atoms with Gasteiger partial charge in [0.2, 0.25) is 0 Å². The number of ether oxygens (including phenoxy) is 1. The molecule has 3 nitrogen and oxygen atoms in total. The fourth-order valence-electron chi connectivity index (χ4n) is 3.63. The number of aromatic carboxylic acids is 1. The summed E-state index contributed by atoms with van der Waals surface area (Å²) in [4.78, 5) is 11.4. The van der Waals surface area contributed by atoms with Crippen LogP contribution in [0.1, 0.15) is 55.8 Å². The summed E-state index contributed by atoms with van der Waals surface area (Å²) in [5.74, 6) is -0.0467. The van der Waals surface area contributed by atoms with Gasteiger partial charge >= 0.3 is 5.97 Å². The van der Waals surface area contributed by atoms with E-state index in [4.69, 9.17) is 4.74 Å². The molecule has 30 heavy (non-hydrogen) atoms. The smallest absolute Gasteiger partial charge is 0.335 e. The number of hydrogen-bond donors (Lipinski definition) is 1. The molecular formula is C27H30O3. The molecule has 0 aliphatic rings. The monoisotopic (exact) mass is 402 g/mol. The minimum absolute atomic E-state index is 0.290. The molecule has 3 rings (SSSR count). The summed E-state index contributed by atoms with van der Waals surface area (Å²) in [5, 5.41) is 9.33. The van der Waals surface area contributed by atoms with Crippen LogP contribution in [0.3, 0.4) is 0 Å². The van der Waals surface area contributed by atoms with E-state index in [2.05, 4.69) is 25.1 Å². The lowest BCUT2D eigenvalue weighted by Gasteiger charge is -2.13. The summed E-state index contributed by atoms with van der Waals surface area (Å²) in [6.07, 6.45) is 7.46. The van der Waals surface area contributed by atoms with Crippen LogP contribution in [0.5, 0.6) is 5.75 Å². The summed E-state index contributed by atoms with van der Waals surface area (Å²) in [5.41, 5.74) is 4.31. The predicted molar refractivity (Wildman–Crippen MR) is 123 cm³/mol. The van der Waals surface area contributed by atoms with Crippen molar-refractivity contribution in [3.8, 4) is 28.0 Å². The Bertz CT molecular complexity index is 962. The van der Waals surface area contributed by atoms with Crippen LogP contribution in [-0.2, 0) is 0 Å². The Morgan fingerprint density at radius 2 is 1.40 bits per heavy atom. The van der Waals surface area contributed by atoms with E-state index in [1.165, 1.54) is 32.1 Å². The average Bonchev–Trinajstić information content (AvgIpc) is 2.79. The Morgan fingerprint density at radius 3 is 2.10 bits per heavy atom. The quantitative estimate of drug-likeness (QED) is 0.339. The molecule has 0 saturated heterocycles. The molecule has 0 aromatic heterocycles. The topological polar surface area (TPSA) is 46.5 Å². The number of hydrogen-bond acceptors (Lipinski definition) is 2. The van der Waals surface area contributed by atoms with E-state index in [9.17, 15) is 9.90 Å². The molecule has 0 aliphatic carbocycles. The SMILES string of the molecule is CCCCCCCCOc1cccc(-c2ccccc2-c2cccc(C(=O)O)c2)c1. The van der Waals surface area contributed by atoms with E-state index in [1.54, 1.807) is 18.2 Å². The van der Waals surface area contributed by atoms with Gasteiger partial charge in [-0.1, -0.05) is 87.6 Å². The minimum atomic E-state index is -0.917. The number of benzene rings is 3. The fraction of sp³-hybridized carbons (Fsp3) is 0.296. The summed E-state index contributed by atoms with van der Waals surface area (Å²) in [6.45, 7) is 2.97. The van der Waals surface area contributed by atoms with Gasteiger partial charge in [0.25, 0.3) is 0 Å².